The van der Waals surface area contributed by atoms with Gasteiger partial charge in [-0.2, -0.15) is 13.2 Å². The minimum Gasteiger partial charge on any atom is -0.453 e. The van der Waals surface area contributed by atoms with Crippen molar-refractivity contribution in [2.24, 2.45) is 0 Å². The summed E-state index contributed by atoms with van der Waals surface area (Å²) in [6.07, 6.45) is -4.73. The summed E-state index contributed by atoms with van der Waals surface area (Å²) >= 11 is 0.702. The van der Waals surface area contributed by atoms with Gasteiger partial charge in [-0.3, -0.25) is 9.59 Å². The van der Waals surface area contributed by atoms with Crippen LogP contribution in [0.25, 0.3) is 11.0 Å². The Morgan fingerprint density at radius 1 is 1.25 bits per heavy atom. The van der Waals surface area contributed by atoms with E-state index in [9.17, 15) is 22.8 Å². The molecule has 0 atom stereocenters. The van der Waals surface area contributed by atoms with Crippen LogP contribution in [-0.4, -0.2) is 21.5 Å². The van der Waals surface area contributed by atoms with Gasteiger partial charge in [0, 0.05) is 11.5 Å². The normalized spacial score (nSPS) is 11.8. The number of rotatable bonds is 4. The fraction of sp³-hybridized carbons (Fsp3) is 0.133. The van der Waals surface area contributed by atoms with E-state index in [4.69, 9.17) is 4.42 Å². The SMILES string of the molecule is O=C(CSc1nc(C(F)(F)F)cc(=O)[nH]1)c1cc2ccccc2o1. The van der Waals surface area contributed by atoms with Crippen LogP contribution in [0.1, 0.15) is 16.2 Å². The second-order valence-corrected chi connectivity index (χ2v) is 5.76. The van der Waals surface area contributed by atoms with Crippen LogP contribution in [-0.2, 0) is 6.18 Å². The highest BCUT2D eigenvalue weighted by Gasteiger charge is 2.33. The molecule has 0 amide bonds. The molecule has 5 nitrogen and oxygen atoms in total. The summed E-state index contributed by atoms with van der Waals surface area (Å²) < 4.78 is 43.3. The van der Waals surface area contributed by atoms with E-state index in [0.717, 1.165) is 5.39 Å². The van der Waals surface area contributed by atoms with Crippen LogP contribution in [0.3, 0.4) is 0 Å². The Morgan fingerprint density at radius 2 is 2.00 bits per heavy atom. The topological polar surface area (TPSA) is 76.0 Å². The summed E-state index contributed by atoms with van der Waals surface area (Å²) in [5.74, 6) is -0.543. The van der Waals surface area contributed by atoms with Crippen LogP contribution in [0.4, 0.5) is 13.2 Å². The first-order valence-electron chi connectivity index (χ1n) is 6.66. The van der Waals surface area contributed by atoms with Gasteiger partial charge in [-0.1, -0.05) is 30.0 Å². The minimum absolute atomic E-state index is 0.0954. The molecule has 0 radical (unpaired) electrons. The predicted octanol–water partition coefficient (Wildman–Crippen LogP) is 3.51. The average molecular weight is 354 g/mol. The van der Waals surface area contributed by atoms with E-state index >= 15 is 0 Å². The number of aromatic amines is 1. The van der Waals surface area contributed by atoms with E-state index in [2.05, 4.69) is 9.97 Å². The van der Waals surface area contributed by atoms with Crippen LogP contribution in [0.5, 0.6) is 0 Å². The van der Waals surface area contributed by atoms with Crippen molar-refractivity contribution in [2.75, 3.05) is 5.75 Å². The van der Waals surface area contributed by atoms with Crippen LogP contribution in [0.15, 0.2) is 50.8 Å². The molecule has 0 saturated heterocycles. The predicted molar refractivity (Wildman–Crippen MR) is 81.1 cm³/mol. The third kappa shape index (κ3) is 3.51. The van der Waals surface area contributed by atoms with E-state index in [1.54, 1.807) is 30.3 Å². The molecule has 9 heteroatoms. The van der Waals surface area contributed by atoms with Crippen LogP contribution in [0.2, 0.25) is 0 Å². The number of para-hydroxylation sites is 1. The molecule has 0 fully saturated rings. The summed E-state index contributed by atoms with van der Waals surface area (Å²) in [4.78, 5) is 28.9. The first-order valence-corrected chi connectivity index (χ1v) is 7.64. The fourth-order valence-corrected chi connectivity index (χ4v) is 2.72. The number of H-pyrrole nitrogens is 1. The number of hydrogen-bond donors (Lipinski definition) is 1. The Hall–Kier alpha value is -2.55. The number of alkyl halides is 3. The van der Waals surface area contributed by atoms with Gasteiger partial charge in [-0.05, 0) is 12.1 Å². The molecule has 0 bridgehead atoms. The molecule has 1 aromatic carbocycles. The van der Waals surface area contributed by atoms with Gasteiger partial charge in [0.05, 0.1) is 5.75 Å². The number of furan rings is 1. The van der Waals surface area contributed by atoms with Crippen molar-refractivity contribution in [3.05, 3.63) is 58.2 Å². The van der Waals surface area contributed by atoms with Gasteiger partial charge in [0.15, 0.2) is 16.6 Å². The molecule has 2 aromatic heterocycles. The fourth-order valence-electron chi connectivity index (χ4n) is 1.97. The molecule has 124 valence electrons. The number of nitrogens with one attached hydrogen (secondary N) is 1. The van der Waals surface area contributed by atoms with Crippen molar-refractivity contribution in [1.82, 2.24) is 9.97 Å². The molecule has 3 rings (SSSR count). The third-order valence-electron chi connectivity index (χ3n) is 3.05. The summed E-state index contributed by atoms with van der Waals surface area (Å²) in [6.45, 7) is 0. The summed E-state index contributed by atoms with van der Waals surface area (Å²) in [6, 6.07) is 8.94. The van der Waals surface area contributed by atoms with Crippen LogP contribution in [0, 0.1) is 0 Å². The number of nitrogens with zero attached hydrogens (tertiary/aromatic N) is 1. The zero-order chi connectivity index (χ0) is 17.3. The molecule has 0 aliphatic rings. The number of halogens is 3. The second-order valence-electron chi connectivity index (χ2n) is 4.79. The minimum atomic E-state index is -4.73. The van der Waals surface area contributed by atoms with E-state index in [1.807, 2.05) is 0 Å². The van der Waals surface area contributed by atoms with Crippen molar-refractivity contribution in [1.29, 1.82) is 0 Å². The highest BCUT2D eigenvalue weighted by molar-refractivity contribution is 7.99. The van der Waals surface area contributed by atoms with Crippen molar-refractivity contribution in [3.8, 4) is 0 Å². The Morgan fingerprint density at radius 3 is 2.71 bits per heavy atom. The molecule has 3 aromatic rings. The lowest BCUT2D eigenvalue weighted by atomic mass is 10.2. The summed E-state index contributed by atoms with van der Waals surface area (Å²) in [5.41, 5.74) is -1.70. The molecule has 0 spiro atoms. The first-order chi connectivity index (χ1) is 11.3. The molecular weight excluding hydrogens is 345 g/mol. The summed E-state index contributed by atoms with van der Waals surface area (Å²) in [7, 11) is 0. The zero-order valence-electron chi connectivity index (χ0n) is 11.9. The van der Waals surface area contributed by atoms with Gasteiger partial charge in [-0.25, -0.2) is 4.98 Å². The molecule has 0 aliphatic heterocycles. The van der Waals surface area contributed by atoms with E-state index in [-0.39, 0.29) is 16.7 Å². The van der Waals surface area contributed by atoms with Crippen molar-refractivity contribution in [2.45, 2.75) is 11.3 Å². The quantitative estimate of drug-likeness (QED) is 0.441. The van der Waals surface area contributed by atoms with E-state index in [0.29, 0.717) is 23.4 Å². The lowest BCUT2D eigenvalue weighted by Crippen LogP contribution is -2.17. The number of thioether (sulfide) groups is 1. The zero-order valence-corrected chi connectivity index (χ0v) is 12.7. The standard InChI is InChI=1S/C15H9F3N2O3S/c16-15(17,18)12-6-13(22)20-14(19-12)24-7-9(21)11-5-8-3-1-2-4-10(8)23-11/h1-6H,7H2,(H,19,20,22). The number of fused-ring (bicyclic) bond motifs is 1. The Kier molecular flexibility index (Phi) is 4.18. The molecule has 1 N–H and O–H groups in total. The second kappa shape index (κ2) is 6.16. The Balaban J connectivity index is 1.76. The molecule has 2 heterocycles. The van der Waals surface area contributed by atoms with Gasteiger partial charge in [0.1, 0.15) is 5.58 Å². The van der Waals surface area contributed by atoms with Crippen molar-refractivity contribution < 1.29 is 22.4 Å². The maximum atomic E-state index is 12.6. The maximum Gasteiger partial charge on any atom is 0.433 e. The summed E-state index contributed by atoms with van der Waals surface area (Å²) in [5, 5.41) is 0.468. The van der Waals surface area contributed by atoms with E-state index in [1.165, 1.54) is 0 Å². The molecule has 0 unspecified atom stereocenters. The lowest BCUT2D eigenvalue weighted by molar-refractivity contribution is -0.141. The number of hydrogen-bond acceptors (Lipinski definition) is 5. The first kappa shape index (κ1) is 16.3. The number of benzene rings is 1. The number of ketones is 1. The Bertz CT molecular complexity index is 929. The lowest BCUT2D eigenvalue weighted by Gasteiger charge is -2.06. The van der Waals surface area contributed by atoms with Crippen LogP contribution < -0.4 is 5.56 Å². The van der Waals surface area contributed by atoms with Gasteiger partial charge < -0.3 is 9.40 Å². The number of Topliss-reactive ketones (excluding diaryl/α,β-unsaturated/α-hetero) is 1. The smallest absolute Gasteiger partial charge is 0.433 e. The molecule has 0 saturated carbocycles. The number of aromatic nitrogens is 2. The average Bonchev–Trinajstić information content (AvgIpc) is 2.95. The maximum absolute atomic E-state index is 12.6. The number of carbonyl (C=O) groups is 1. The highest BCUT2D eigenvalue weighted by atomic mass is 32.2. The van der Waals surface area contributed by atoms with Gasteiger partial charge in [-0.15, -0.1) is 0 Å². The van der Waals surface area contributed by atoms with Crippen LogP contribution >= 0.6 is 11.8 Å². The van der Waals surface area contributed by atoms with Gasteiger partial charge >= 0.3 is 6.18 Å². The third-order valence-corrected chi connectivity index (χ3v) is 3.92. The molecule has 0 aliphatic carbocycles. The Labute approximate surface area is 136 Å². The molecular formula is C15H9F3N2O3S. The van der Waals surface area contributed by atoms with Gasteiger partial charge in [0.2, 0.25) is 5.78 Å². The highest BCUT2D eigenvalue weighted by Crippen LogP contribution is 2.28. The van der Waals surface area contributed by atoms with Crippen molar-refractivity contribution in [3.63, 3.8) is 0 Å². The van der Waals surface area contributed by atoms with Crippen molar-refractivity contribution >= 4 is 28.5 Å². The number of carbonyl (C=O) groups excluding carboxylic acids is 1. The van der Waals surface area contributed by atoms with E-state index < -0.39 is 23.2 Å². The largest absolute Gasteiger partial charge is 0.453 e. The monoisotopic (exact) mass is 354 g/mol. The van der Waals surface area contributed by atoms with Gasteiger partial charge in [0.25, 0.3) is 5.56 Å². The molecule has 24 heavy (non-hydrogen) atoms.